The van der Waals surface area contributed by atoms with Gasteiger partial charge in [0.05, 0.1) is 12.2 Å². The normalized spacial score (nSPS) is 54.2. The number of hydrogen-bond acceptors (Lipinski definition) is 3. The molecule has 0 radical (unpaired) electrons. The summed E-state index contributed by atoms with van der Waals surface area (Å²) < 4.78 is 0. The van der Waals surface area contributed by atoms with Gasteiger partial charge in [-0.1, -0.05) is 31.9 Å². The summed E-state index contributed by atoms with van der Waals surface area (Å²) in [4.78, 5) is 0. The molecule has 0 aromatic carbocycles. The maximum absolute atomic E-state index is 11.1. The predicted octanol–water partition coefficient (Wildman–Crippen LogP) is 3.39. The molecular formula is C21H35NO2. The van der Waals surface area contributed by atoms with E-state index in [1.54, 1.807) is 5.57 Å². The predicted molar refractivity (Wildman–Crippen MR) is 96.3 cm³/mol. The van der Waals surface area contributed by atoms with Crippen molar-refractivity contribution in [3.05, 3.63) is 11.1 Å². The summed E-state index contributed by atoms with van der Waals surface area (Å²) >= 11 is 0. The number of hydrogen-bond donors (Lipinski definition) is 3. The van der Waals surface area contributed by atoms with Crippen LogP contribution in [0.1, 0.15) is 72.1 Å². The van der Waals surface area contributed by atoms with Crippen molar-refractivity contribution in [2.45, 2.75) is 90.4 Å². The summed E-state index contributed by atoms with van der Waals surface area (Å²) in [6.45, 7) is 7.09. The van der Waals surface area contributed by atoms with Gasteiger partial charge in [0, 0.05) is 12.0 Å². The molecule has 0 aromatic rings. The third-order valence-electron chi connectivity index (χ3n) is 8.82. The van der Waals surface area contributed by atoms with E-state index in [0.717, 1.165) is 25.7 Å². The molecule has 0 aliphatic heterocycles. The Bertz CT molecular complexity index is 558. The Morgan fingerprint density at radius 1 is 1.04 bits per heavy atom. The zero-order chi connectivity index (χ0) is 17.3. The molecule has 24 heavy (non-hydrogen) atoms. The summed E-state index contributed by atoms with van der Waals surface area (Å²) in [5.74, 6) is 0.873. The maximum Gasteiger partial charge on any atom is 0.0870 e. The van der Waals surface area contributed by atoms with Gasteiger partial charge in [-0.25, -0.2) is 0 Å². The molecule has 136 valence electrons. The third kappa shape index (κ3) is 2.13. The molecule has 8 atom stereocenters. The van der Waals surface area contributed by atoms with Crippen molar-refractivity contribution in [2.75, 3.05) is 0 Å². The standard InChI is InChI=1S/C21H35NO2/c1-4-20(2)9-8-13-14(20)5-6-15-17(13)19(24)18(23)16-11-12(22)7-10-21(15,16)3/h12,15-19,23-24H,4-11,22H2,1-3H3/t12-,15?,16?,17?,18+,19+,20+,21+/m0/s1. The van der Waals surface area contributed by atoms with Gasteiger partial charge in [0.1, 0.15) is 0 Å². The lowest BCUT2D eigenvalue weighted by Crippen LogP contribution is -2.61. The third-order valence-corrected chi connectivity index (χ3v) is 8.82. The molecule has 0 heterocycles. The second-order valence-corrected chi connectivity index (χ2v) is 9.72. The van der Waals surface area contributed by atoms with Crippen molar-refractivity contribution in [1.29, 1.82) is 0 Å². The highest BCUT2D eigenvalue weighted by atomic mass is 16.3. The van der Waals surface area contributed by atoms with E-state index < -0.39 is 12.2 Å². The number of nitrogens with two attached hydrogens (primary N) is 1. The number of rotatable bonds is 1. The molecule has 3 nitrogen and oxygen atoms in total. The van der Waals surface area contributed by atoms with E-state index in [2.05, 4.69) is 20.8 Å². The van der Waals surface area contributed by atoms with Crippen LogP contribution in [-0.4, -0.2) is 28.5 Å². The molecule has 0 amide bonds. The summed E-state index contributed by atoms with van der Waals surface area (Å²) in [5.41, 5.74) is 9.84. The molecule has 4 aliphatic carbocycles. The molecule has 2 fully saturated rings. The molecule has 0 aromatic heterocycles. The molecule has 3 heteroatoms. The quantitative estimate of drug-likeness (QED) is 0.644. The number of fused-ring (bicyclic) bond motifs is 4. The van der Waals surface area contributed by atoms with Crippen LogP contribution in [0.15, 0.2) is 11.1 Å². The first-order chi connectivity index (χ1) is 11.3. The van der Waals surface area contributed by atoms with E-state index in [1.165, 1.54) is 31.3 Å². The van der Waals surface area contributed by atoms with E-state index in [0.29, 0.717) is 11.3 Å². The molecule has 4 rings (SSSR count). The Hall–Kier alpha value is -0.380. The molecular weight excluding hydrogens is 298 g/mol. The fraction of sp³-hybridized carbons (Fsp3) is 0.905. The van der Waals surface area contributed by atoms with E-state index in [1.807, 2.05) is 0 Å². The molecule has 4 N–H and O–H groups in total. The topological polar surface area (TPSA) is 66.5 Å². The summed E-state index contributed by atoms with van der Waals surface area (Å²) in [5, 5.41) is 22.1. The Labute approximate surface area is 146 Å². The van der Waals surface area contributed by atoms with Crippen LogP contribution in [0.2, 0.25) is 0 Å². The van der Waals surface area contributed by atoms with Crippen LogP contribution in [0.25, 0.3) is 0 Å². The van der Waals surface area contributed by atoms with E-state index in [-0.39, 0.29) is 23.3 Å². The van der Waals surface area contributed by atoms with Gasteiger partial charge >= 0.3 is 0 Å². The average molecular weight is 334 g/mol. The van der Waals surface area contributed by atoms with Gasteiger partial charge in [-0.3, -0.25) is 0 Å². The monoisotopic (exact) mass is 333 g/mol. The fourth-order valence-electron chi connectivity index (χ4n) is 7.06. The first-order valence-corrected chi connectivity index (χ1v) is 10.2. The molecule has 3 unspecified atom stereocenters. The van der Waals surface area contributed by atoms with Crippen LogP contribution in [0.3, 0.4) is 0 Å². The minimum Gasteiger partial charge on any atom is -0.390 e. The van der Waals surface area contributed by atoms with Crippen molar-refractivity contribution < 1.29 is 10.2 Å². The highest BCUT2D eigenvalue weighted by Crippen LogP contribution is 2.63. The first-order valence-electron chi connectivity index (χ1n) is 10.2. The molecule has 2 saturated carbocycles. The van der Waals surface area contributed by atoms with Crippen LogP contribution in [-0.2, 0) is 0 Å². The van der Waals surface area contributed by atoms with Crippen molar-refractivity contribution in [1.82, 2.24) is 0 Å². The zero-order valence-electron chi connectivity index (χ0n) is 15.6. The minimum absolute atomic E-state index is 0.142. The van der Waals surface area contributed by atoms with Crippen LogP contribution in [0, 0.1) is 28.6 Å². The Kier molecular flexibility index (Phi) is 3.95. The van der Waals surface area contributed by atoms with Gasteiger partial charge in [0.15, 0.2) is 0 Å². The maximum atomic E-state index is 11.1. The van der Waals surface area contributed by atoms with Crippen molar-refractivity contribution >= 4 is 0 Å². The number of aliphatic hydroxyl groups excluding tert-OH is 2. The summed E-state index contributed by atoms with van der Waals surface area (Å²) in [7, 11) is 0. The van der Waals surface area contributed by atoms with E-state index >= 15 is 0 Å². The highest BCUT2D eigenvalue weighted by molar-refractivity contribution is 5.35. The largest absolute Gasteiger partial charge is 0.390 e. The van der Waals surface area contributed by atoms with Gasteiger partial charge in [0.2, 0.25) is 0 Å². The summed E-state index contributed by atoms with van der Waals surface area (Å²) in [6.07, 6.45) is 7.78. The van der Waals surface area contributed by atoms with Gasteiger partial charge in [-0.05, 0) is 74.0 Å². The van der Waals surface area contributed by atoms with Crippen molar-refractivity contribution in [2.24, 2.45) is 34.3 Å². The van der Waals surface area contributed by atoms with Gasteiger partial charge in [0.25, 0.3) is 0 Å². The lowest BCUT2D eigenvalue weighted by molar-refractivity contribution is -0.172. The Morgan fingerprint density at radius 3 is 2.50 bits per heavy atom. The van der Waals surface area contributed by atoms with E-state index in [4.69, 9.17) is 5.73 Å². The van der Waals surface area contributed by atoms with Crippen LogP contribution in [0.4, 0.5) is 0 Å². The number of aliphatic hydroxyl groups is 2. The Balaban J connectivity index is 1.75. The van der Waals surface area contributed by atoms with Gasteiger partial charge in [-0.2, -0.15) is 0 Å². The second kappa shape index (κ2) is 5.56. The van der Waals surface area contributed by atoms with Crippen LogP contribution in [0.5, 0.6) is 0 Å². The second-order valence-electron chi connectivity index (χ2n) is 9.72. The van der Waals surface area contributed by atoms with E-state index in [9.17, 15) is 10.2 Å². The molecule has 0 spiro atoms. The zero-order valence-corrected chi connectivity index (χ0v) is 15.6. The smallest absolute Gasteiger partial charge is 0.0870 e. The number of allylic oxidation sites excluding steroid dienone is 1. The molecule has 0 saturated heterocycles. The SMILES string of the molecule is CC[C@]1(C)CCC2=C1CCC1C2[C@@H](O)[C@H](O)C2C[C@@H](N)CC[C@]12C. The summed E-state index contributed by atoms with van der Waals surface area (Å²) in [6, 6.07) is 0.190. The fourth-order valence-corrected chi connectivity index (χ4v) is 7.06. The first kappa shape index (κ1) is 17.1. The lowest BCUT2D eigenvalue weighted by atomic mass is 9.47. The Morgan fingerprint density at radius 2 is 1.79 bits per heavy atom. The highest BCUT2D eigenvalue weighted by Gasteiger charge is 2.60. The minimum atomic E-state index is -0.608. The van der Waals surface area contributed by atoms with Crippen LogP contribution >= 0.6 is 0 Å². The van der Waals surface area contributed by atoms with Crippen molar-refractivity contribution in [3.63, 3.8) is 0 Å². The molecule has 4 aliphatic rings. The van der Waals surface area contributed by atoms with Crippen molar-refractivity contribution in [3.8, 4) is 0 Å². The lowest BCUT2D eigenvalue weighted by Gasteiger charge is -2.60. The van der Waals surface area contributed by atoms with Gasteiger partial charge < -0.3 is 15.9 Å². The average Bonchev–Trinajstić information content (AvgIpc) is 2.92. The van der Waals surface area contributed by atoms with Crippen LogP contribution < -0.4 is 5.73 Å². The van der Waals surface area contributed by atoms with Gasteiger partial charge in [-0.15, -0.1) is 0 Å². The molecule has 0 bridgehead atoms.